The van der Waals surface area contributed by atoms with Crippen molar-refractivity contribution in [3.63, 3.8) is 0 Å². The van der Waals surface area contributed by atoms with Gasteiger partial charge in [-0.1, -0.05) is 6.58 Å². The van der Waals surface area contributed by atoms with Crippen molar-refractivity contribution in [3.8, 4) is 0 Å². The van der Waals surface area contributed by atoms with Gasteiger partial charge in [0.25, 0.3) is 11.8 Å². The highest BCUT2D eigenvalue weighted by Gasteiger charge is 2.40. The number of amides is 3. The van der Waals surface area contributed by atoms with Crippen LogP contribution in [0.1, 0.15) is 13.3 Å². The van der Waals surface area contributed by atoms with Crippen molar-refractivity contribution in [1.82, 2.24) is 10.4 Å². The van der Waals surface area contributed by atoms with E-state index in [1.807, 2.05) is 0 Å². The lowest BCUT2D eigenvalue weighted by atomic mass is 10.3. The molecule has 0 spiro atoms. The average Bonchev–Trinajstić information content (AvgIpc) is 2.52. The molecule has 3 amide bonds. The van der Waals surface area contributed by atoms with Crippen LogP contribution < -0.4 is 5.32 Å². The highest BCUT2D eigenvalue weighted by Crippen LogP contribution is 2.18. The summed E-state index contributed by atoms with van der Waals surface area (Å²) in [7, 11) is 0. The molecule has 0 aromatic carbocycles. The molecular formula is C10H11ClN2O5. The molecule has 0 aromatic heterocycles. The lowest BCUT2D eigenvalue weighted by Gasteiger charge is -2.12. The van der Waals surface area contributed by atoms with Gasteiger partial charge in [0.2, 0.25) is 5.91 Å². The Hall–Kier alpha value is -1.89. The maximum atomic E-state index is 11.3. The van der Waals surface area contributed by atoms with E-state index in [-0.39, 0.29) is 12.0 Å². The van der Waals surface area contributed by atoms with Crippen LogP contribution in [0.15, 0.2) is 12.2 Å². The number of carbonyl (C=O) groups excluding carboxylic acids is 4. The summed E-state index contributed by atoms with van der Waals surface area (Å²) in [6.07, 6.45) is -0.216. The quantitative estimate of drug-likeness (QED) is 0.424. The third-order valence-corrected chi connectivity index (χ3v) is 2.36. The first-order valence-electron chi connectivity index (χ1n) is 4.98. The number of hydroxylamine groups is 2. The molecule has 1 N–H and O–H groups in total. The molecule has 98 valence electrons. The monoisotopic (exact) mass is 274 g/mol. The molecule has 0 bridgehead atoms. The van der Waals surface area contributed by atoms with Crippen LogP contribution in [-0.4, -0.2) is 40.7 Å². The van der Waals surface area contributed by atoms with Crippen molar-refractivity contribution >= 4 is 35.3 Å². The second kappa shape index (κ2) is 5.63. The molecule has 8 heteroatoms. The normalized spacial score (nSPS) is 18.8. The molecule has 0 radical (unpaired) electrons. The summed E-state index contributed by atoms with van der Waals surface area (Å²) in [5.74, 6) is -2.96. The number of hydrogen-bond acceptors (Lipinski definition) is 5. The summed E-state index contributed by atoms with van der Waals surface area (Å²) >= 11 is 5.52. The zero-order valence-electron chi connectivity index (χ0n) is 9.57. The molecule has 0 aromatic rings. The number of nitrogens with one attached hydrogen (secondary N) is 1. The summed E-state index contributed by atoms with van der Waals surface area (Å²) in [5.41, 5.74) is 0.219. The van der Waals surface area contributed by atoms with Crippen molar-refractivity contribution in [2.45, 2.75) is 18.7 Å². The zero-order valence-corrected chi connectivity index (χ0v) is 10.3. The molecule has 1 unspecified atom stereocenters. The first-order valence-corrected chi connectivity index (χ1v) is 5.42. The number of nitrogens with zero attached hydrogens (tertiary/aromatic N) is 1. The molecule has 1 rings (SSSR count). The second-order valence-corrected chi connectivity index (χ2v) is 4.15. The smallest absolute Gasteiger partial charge is 0.341 e. The van der Waals surface area contributed by atoms with E-state index in [4.69, 9.17) is 11.6 Å². The van der Waals surface area contributed by atoms with Crippen LogP contribution in [0, 0.1) is 0 Å². The molecule has 1 atom stereocenters. The van der Waals surface area contributed by atoms with Crippen LogP contribution in [0.25, 0.3) is 0 Å². The highest BCUT2D eigenvalue weighted by molar-refractivity contribution is 6.35. The Morgan fingerprint density at radius 2 is 2.17 bits per heavy atom. The molecule has 1 fully saturated rings. The first-order chi connectivity index (χ1) is 8.32. The molecule has 1 saturated heterocycles. The van der Waals surface area contributed by atoms with Gasteiger partial charge >= 0.3 is 5.97 Å². The minimum Gasteiger partial charge on any atom is -0.341 e. The maximum absolute atomic E-state index is 11.3. The van der Waals surface area contributed by atoms with Crippen LogP contribution in [0.5, 0.6) is 0 Å². The van der Waals surface area contributed by atoms with Crippen LogP contribution in [0.3, 0.4) is 0 Å². The summed E-state index contributed by atoms with van der Waals surface area (Å²) in [5, 5.41) is 1.50. The number of hydrogen-bond donors (Lipinski definition) is 1. The van der Waals surface area contributed by atoms with Gasteiger partial charge in [-0.2, -0.15) is 0 Å². The SMILES string of the molecule is C=C(C)C(=O)NCC(=O)ON1C(=O)CC(Cl)C1=O. The topological polar surface area (TPSA) is 92.8 Å². The lowest BCUT2D eigenvalue weighted by Crippen LogP contribution is -2.38. The minimum atomic E-state index is -1.02. The van der Waals surface area contributed by atoms with Crippen LogP contribution in [0.4, 0.5) is 0 Å². The highest BCUT2D eigenvalue weighted by atomic mass is 35.5. The van der Waals surface area contributed by atoms with Gasteiger partial charge in [0.05, 0.1) is 6.42 Å². The van der Waals surface area contributed by atoms with Crippen molar-refractivity contribution in [2.75, 3.05) is 6.54 Å². The van der Waals surface area contributed by atoms with E-state index < -0.39 is 35.6 Å². The molecule has 1 aliphatic heterocycles. The molecule has 0 aliphatic carbocycles. The Bertz CT molecular complexity index is 434. The molecular weight excluding hydrogens is 264 g/mol. The number of imide groups is 1. The molecule has 1 aliphatic rings. The van der Waals surface area contributed by atoms with E-state index in [0.717, 1.165) is 0 Å². The Morgan fingerprint density at radius 3 is 2.61 bits per heavy atom. The number of alkyl halides is 1. The van der Waals surface area contributed by atoms with E-state index >= 15 is 0 Å². The Balaban J connectivity index is 2.46. The minimum absolute atomic E-state index is 0.216. The van der Waals surface area contributed by atoms with Gasteiger partial charge in [-0.05, 0) is 6.92 Å². The fraction of sp³-hybridized carbons (Fsp3) is 0.400. The van der Waals surface area contributed by atoms with Gasteiger partial charge in [-0.25, -0.2) is 4.79 Å². The van der Waals surface area contributed by atoms with Crippen molar-refractivity contribution < 1.29 is 24.0 Å². The Labute approximate surface area is 108 Å². The second-order valence-electron chi connectivity index (χ2n) is 3.62. The van der Waals surface area contributed by atoms with Crippen molar-refractivity contribution in [2.24, 2.45) is 0 Å². The van der Waals surface area contributed by atoms with Gasteiger partial charge in [0.1, 0.15) is 11.9 Å². The number of carbonyl (C=O) groups is 4. The Morgan fingerprint density at radius 1 is 1.56 bits per heavy atom. The fourth-order valence-electron chi connectivity index (χ4n) is 1.11. The Kier molecular flexibility index (Phi) is 4.43. The van der Waals surface area contributed by atoms with Gasteiger partial charge in [-0.3, -0.25) is 14.4 Å². The van der Waals surface area contributed by atoms with Crippen LogP contribution in [-0.2, 0) is 24.0 Å². The molecule has 0 saturated carbocycles. The predicted molar refractivity (Wildman–Crippen MR) is 60.0 cm³/mol. The van der Waals surface area contributed by atoms with E-state index in [0.29, 0.717) is 5.06 Å². The molecule has 18 heavy (non-hydrogen) atoms. The van der Waals surface area contributed by atoms with Crippen molar-refractivity contribution in [3.05, 3.63) is 12.2 Å². The average molecular weight is 275 g/mol. The fourth-order valence-corrected chi connectivity index (χ4v) is 1.33. The lowest BCUT2D eigenvalue weighted by molar-refractivity contribution is -0.196. The molecule has 1 heterocycles. The van der Waals surface area contributed by atoms with E-state index in [9.17, 15) is 19.2 Å². The summed E-state index contributed by atoms with van der Waals surface area (Å²) in [6.45, 7) is 4.36. The first kappa shape index (κ1) is 14.2. The van der Waals surface area contributed by atoms with Crippen LogP contribution >= 0.6 is 11.6 Å². The van der Waals surface area contributed by atoms with E-state index in [1.165, 1.54) is 6.92 Å². The van der Waals surface area contributed by atoms with E-state index in [1.54, 1.807) is 0 Å². The van der Waals surface area contributed by atoms with Crippen molar-refractivity contribution in [1.29, 1.82) is 0 Å². The number of halogens is 1. The summed E-state index contributed by atoms with van der Waals surface area (Å²) in [6, 6.07) is 0. The third-order valence-electron chi connectivity index (χ3n) is 2.02. The zero-order chi connectivity index (χ0) is 13.9. The number of rotatable bonds is 4. The third kappa shape index (κ3) is 3.30. The predicted octanol–water partition coefficient (Wildman–Crippen LogP) is -0.497. The van der Waals surface area contributed by atoms with Gasteiger partial charge in [0.15, 0.2) is 0 Å². The standard InChI is InChI=1S/C10H11ClN2O5/c1-5(2)9(16)12-4-8(15)18-13-7(14)3-6(11)10(13)17/h6H,1,3-4H2,2H3,(H,12,16). The summed E-state index contributed by atoms with van der Waals surface area (Å²) in [4.78, 5) is 49.4. The van der Waals surface area contributed by atoms with Gasteiger partial charge < -0.3 is 10.2 Å². The van der Waals surface area contributed by atoms with E-state index in [2.05, 4.69) is 16.7 Å². The van der Waals surface area contributed by atoms with Crippen LogP contribution in [0.2, 0.25) is 0 Å². The maximum Gasteiger partial charge on any atom is 0.352 e. The largest absolute Gasteiger partial charge is 0.352 e. The van der Waals surface area contributed by atoms with Gasteiger partial charge in [-0.15, -0.1) is 16.7 Å². The van der Waals surface area contributed by atoms with Gasteiger partial charge in [0, 0.05) is 5.57 Å². The molecule has 7 nitrogen and oxygen atoms in total. The summed E-state index contributed by atoms with van der Waals surface area (Å²) < 4.78 is 0.